The van der Waals surface area contributed by atoms with E-state index in [4.69, 9.17) is 9.84 Å². The van der Waals surface area contributed by atoms with Gasteiger partial charge in [-0.3, -0.25) is 0 Å². The lowest BCUT2D eigenvalue weighted by atomic mass is 10.4. The molecule has 1 aromatic rings. The maximum Gasteiger partial charge on any atom is 0.356 e. The number of aromatic nitrogens is 2. The molecule has 0 spiro atoms. The number of hydrogen-bond donors (Lipinski definition) is 2. The molecule has 0 aromatic carbocycles. The van der Waals surface area contributed by atoms with Gasteiger partial charge in [0.1, 0.15) is 0 Å². The molecule has 86 valence electrons. The monoisotopic (exact) mass is 224 g/mol. The standard InChI is InChI=1S/C9H12N4O3/c14-9(15)7-1-2-8(11-10-7)12-13-3-5-16-6-4-13/h1-2H,3-6H2,(H,11,12)(H,14,15). The maximum atomic E-state index is 10.6. The summed E-state index contributed by atoms with van der Waals surface area (Å²) in [5, 5.41) is 17.9. The third kappa shape index (κ3) is 2.65. The van der Waals surface area contributed by atoms with Crippen molar-refractivity contribution in [1.29, 1.82) is 0 Å². The van der Waals surface area contributed by atoms with Gasteiger partial charge in [0.2, 0.25) is 0 Å². The van der Waals surface area contributed by atoms with Gasteiger partial charge in [-0.05, 0) is 12.1 Å². The molecule has 0 saturated carbocycles. The van der Waals surface area contributed by atoms with Crippen LogP contribution in [0.5, 0.6) is 0 Å². The van der Waals surface area contributed by atoms with E-state index >= 15 is 0 Å². The van der Waals surface area contributed by atoms with E-state index in [0.717, 1.165) is 13.1 Å². The molecule has 0 unspecified atom stereocenters. The number of anilines is 1. The third-order valence-corrected chi connectivity index (χ3v) is 2.17. The number of ether oxygens (including phenoxy) is 1. The molecule has 7 heteroatoms. The van der Waals surface area contributed by atoms with Gasteiger partial charge in [0, 0.05) is 13.1 Å². The van der Waals surface area contributed by atoms with Crippen LogP contribution in [-0.2, 0) is 4.74 Å². The lowest BCUT2D eigenvalue weighted by molar-refractivity contribution is 0.0494. The molecule has 0 atom stereocenters. The minimum Gasteiger partial charge on any atom is -0.476 e. The smallest absolute Gasteiger partial charge is 0.356 e. The molecule has 2 heterocycles. The number of nitrogens with one attached hydrogen (secondary N) is 1. The minimum absolute atomic E-state index is 0.0625. The number of carbonyl (C=O) groups is 1. The fourth-order valence-corrected chi connectivity index (χ4v) is 1.34. The number of carboxylic acids is 1. The highest BCUT2D eigenvalue weighted by Gasteiger charge is 2.11. The van der Waals surface area contributed by atoms with E-state index in [0.29, 0.717) is 19.0 Å². The van der Waals surface area contributed by atoms with Gasteiger partial charge in [-0.15, -0.1) is 10.2 Å². The van der Waals surface area contributed by atoms with Crippen molar-refractivity contribution in [2.24, 2.45) is 0 Å². The number of nitrogens with zero attached hydrogens (tertiary/aromatic N) is 3. The van der Waals surface area contributed by atoms with Crippen LogP contribution in [-0.4, -0.2) is 52.6 Å². The van der Waals surface area contributed by atoms with Gasteiger partial charge >= 0.3 is 5.97 Å². The van der Waals surface area contributed by atoms with E-state index in [1.54, 1.807) is 6.07 Å². The molecule has 1 aromatic heterocycles. The molecule has 2 N–H and O–H groups in total. The second-order valence-corrected chi connectivity index (χ2v) is 3.32. The predicted molar refractivity (Wildman–Crippen MR) is 55.0 cm³/mol. The number of rotatable bonds is 3. The van der Waals surface area contributed by atoms with Crippen molar-refractivity contribution in [2.75, 3.05) is 31.7 Å². The lowest BCUT2D eigenvalue weighted by Gasteiger charge is -2.27. The summed E-state index contributed by atoms with van der Waals surface area (Å²) in [6.45, 7) is 2.88. The fourth-order valence-electron chi connectivity index (χ4n) is 1.34. The van der Waals surface area contributed by atoms with E-state index in [1.165, 1.54) is 6.07 Å². The number of aromatic carboxylic acids is 1. The minimum atomic E-state index is -1.08. The van der Waals surface area contributed by atoms with Gasteiger partial charge in [-0.1, -0.05) is 0 Å². The van der Waals surface area contributed by atoms with E-state index in [9.17, 15) is 4.79 Å². The molecule has 1 aliphatic heterocycles. The van der Waals surface area contributed by atoms with Crippen LogP contribution in [0.2, 0.25) is 0 Å². The van der Waals surface area contributed by atoms with E-state index in [1.807, 2.05) is 5.01 Å². The Morgan fingerprint density at radius 3 is 2.69 bits per heavy atom. The Labute approximate surface area is 92.0 Å². The van der Waals surface area contributed by atoms with Crippen LogP contribution in [0.3, 0.4) is 0 Å². The second kappa shape index (κ2) is 4.86. The van der Waals surface area contributed by atoms with Crippen LogP contribution in [0.25, 0.3) is 0 Å². The van der Waals surface area contributed by atoms with Crippen molar-refractivity contribution >= 4 is 11.8 Å². The molecule has 1 fully saturated rings. The first-order valence-corrected chi connectivity index (χ1v) is 4.92. The molecule has 2 rings (SSSR count). The summed E-state index contributed by atoms with van der Waals surface area (Å²) in [4.78, 5) is 10.6. The summed E-state index contributed by atoms with van der Waals surface area (Å²) in [6.07, 6.45) is 0. The Kier molecular flexibility index (Phi) is 3.28. The van der Waals surface area contributed by atoms with E-state index < -0.39 is 5.97 Å². The highest BCUT2D eigenvalue weighted by Crippen LogP contribution is 2.05. The zero-order valence-corrected chi connectivity index (χ0v) is 8.59. The topological polar surface area (TPSA) is 87.6 Å². The molecule has 16 heavy (non-hydrogen) atoms. The molecular formula is C9H12N4O3. The van der Waals surface area contributed by atoms with Crippen molar-refractivity contribution in [3.63, 3.8) is 0 Å². The first-order valence-electron chi connectivity index (χ1n) is 4.92. The number of hydrazine groups is 1. The number of carboxylic acid groups (broad SMARTS) is 1. The van der Waals surface area contributed by atoms with Crippen molar-refractivity contribution in [2.45, 2.75) is 0 Å². The lowest BCUT2D eigenvalue weighted by Crippen LogP contribution is -2.40. The number of hydrogen-bond acceptors (Lipinski definition) is 6. The number of morpholine rings is 1. The van der Waals surface area contributed by atoms with Crippen molar-refractivity contribution in [1.82, 2.24) is 15.2 Å². The summed E-state index contributed by atoms with van der Waals surface area (Å²) in [5.41, 5.74) is 2.97. The summed E-state index contributed by atoms with van der Waals surface area (Å²) in [7, 11) is 0. The van der Waals surface area contributed by atoms with Crippen molar-refractivity contribution in [3.8, 4) is 0 Å². The van der Waals surface area contributed by atoms with Crippen molar-refractivity contribution < 1.29 is 14.6 Å². The van der Waals surface area contributed by atoms with Crippen LogP contribution < -0.4 is 5.43 Å². The zero-order chi connectivity index (χ0) is 11.4. The van der Waals surface area contributed by atoms with Crippen LogP contribution in [0.4, 0.5) is 5.82 Å². The summed E-state index contributed by atoms with van der Waals surface area (Å²) in [5.74, 6) is -0.544. The van der Waals surface area contributed by atoms with Gasteiger partial charge in [0.25, 0.3) is 0 Å². The van der Waals surface area contributed by atoms with Gasteiger partial charge in [0.05, 0.1) is 13.2 Å². The van der Waals surface area contributed by atoms with Gasteiger partial charge in [-0.2, -0.15) is 0 Å². The maximum absolute atomic E-state index is 10.6. The Bertz CT molecular complexity index is 362. The molecule has 1 aliphatic rings. The van der Waals surface area contributed by atoms with Gasteiger partial charge in [-0.25, -0.2) is 9.80 Å². The largest absolute Gasteiger partial charge is 0.476 e. The van der Waals surface area contributed by atoms with Crippen LogP contribution in [0.1, 0.15) is 10.5 Å². The predicted octanol–water partition coefficient (Wildman–Crippen LogP) is -0.166. The molecule has 7 nitrogen and oxygen atoms in total. The molecule has 1 saturated heterocycles. The SMILES string of the molecule is O=C(O)c1ccc(NN2CCOCC2)nn1. The molecule has 0 aliphatic carbocycles. The molecule has 0 radical (unpaired) electrons. The Hall–Kier alpha value is -1.73. The van der Waals surface area contributed by atoms with Crippen LogP contribution >= 0.6 is 0 Å². The van der Waals surface area contributed by atoms with Crippen molar-refractivity contribution in [3.05, 3.63) is 17.8 Å². The fraction of sp³-hybridized carbons (Fsp3) is 0.444. The molecule has 0 amide bonds. The van der Waals surface area contributed by atoms with E-state index in [-0.39, 0.29) is 5.69 Å². The first kappa shape index (κ1) is 10.8. The average Bonchev–Trinajstić information content (AvgIpc) is 2.31. The normalized spacial score (nSPS) is 17.0. The molecular weight excluding hydrogens is 212 g/mol. The summed E-state index contributed by atoms with van der Waals surface area (Å²) in [6, 6.07) is 3.00. The summed E-state index contributed by atoms with van der Waals surface area (Å²) < 4.78 is 5.19. The second-order valence-electron chi connectivity index (χ2n) is 3.32. The Morgan fingerprint density at radius 2 is 2.12 bits per heavy atom. The van der Waals surface area contributed by atoms with E-state index in [2.05, 4.69) is 15.6 Å². The summed E-state index contributed by atoms with van der Waals surface area (Å²) >= 11 is 0. The molecule has 0 bridgehead atoms. The average molecular weight is 224 g/mol. The van der Waals surface area contributed by atoms with Crippen LogP contribution in [0.15, 0.2) is 12.1 Å². The third-order valence-electron chi connectivity index (χ3n) is 2.17. The Morgan fingerprint density at radius 1 is 1.38 bits per heavy atom. The van der Waals surface area contributed by atoms with Gasteiger partial charge < -0.3 is 15.3 Å². The highest BCUT2D eigenvalue weighted by molar-refractivity contribution is 5.85. The van der Waals surface area contributed by atoms with Crippen LogP contribution in [0, 0.1) is 0 Å². The highest BCUT2D eigenvalue weighted by atomic mass is 16.5. The first-order chi connectivity index (χ1) is 7.75. The Balaban J connectivity index is 1.96. The quantitative estimate of drug-likeness (QED) is 0.737. The zero-order valence-electron chi connectivity index (χ0n) is 8.59. The van der Waals surface area contributed by atoms with Gasteiger partial charge in [0.15, 0.2) is 11.5 Å².